The van der Waals surface area contributed by atoms with Gasteiger partial charge in [0.1, 0.15) is 16.7 Å². The summed E-state index contributed by atoms with van der Waals surface area (Å²) in [5.74, 6) is -1.35. The van der Waals surface area contributed by atoms with Crippen molar-refractivity contribution in [2.45, 2.75) is 0 Å². The first-order chi connectivity index (χ1) is 9.47. The van der Waals surface area contributed by atoms with Crippen LogP contribution in [-0.2, 0) is 0 Å². The van der Waals surface area contributed by atoms with E-state index in [2.05, 4.69) is 10.3 Å². The molecule has 1 amide bonds. The minimum Gasteiger partial charge on any atom is -0.316 e. The van der Waals surface area contributed by atoms with Crippen LogP contribution in [0.15, 0.2) is 36.5 Å². The number of hydrogen-bond acceptors (Lipinski definition) is 4. The first-order valence-corrected chi connectivity index (χ1v) is 5.72. The first kappa shape index (κ1) is 13.9. The van der Waals surface area contributed by atoms with Crippen molar-refractivity contribution in [2.75, 3.05) is 5.32 Å². The molecule has 1 aromatic carbocycles. The van der Waals surface area contributed by atoms with Gasteiger partial charge in [0.15, 0.2) is 0 Å². The van der Waals surface area contributed by atoms with Crippen LogP contribution in [-0.4, -0.2) is 15.8 Å². The van der Waals surface area contributed by atoms with E-state index in [4.69, 9.17) is 11.6 Å². The summed E-state index contributed by atoms with van der Waals surface area (Å²) in [6.07, 6.45) is 1.32. The number of aromatic nitrogens is 1. The topological polar surface area (TPSA) is 85.1 Å². The monoisotopic (exact) mass is 295 g/mol. The predicted octanol–water partition coefficient (Wildman–Crippen LogP) is 3.03. The molecule has 1 heterocycles. The molecule has 0 saturated heterocycles. The van der Waals surface area contributed by atoms with Gasteiger partial charge in [0, 0.05) is 23.9 Å². The van der Waals surface area contributed by atoms with E-state index in [-0.39, 0.29) is 16.4 Å². The summed E-state index contributed by atoms with van der Waals surface area (Å²) in [4.78, 5) is 25.7. The van der Waals surface area contributed by atoms with Crippen molar-refractivity contribution in [1.82, 2.24) is 4.98 Å². The van der Waals surface area contributed by atoms with Crippen LogP contribution in [0.25, 0.3) is 0 Å². The van der Waals surface area contributed by atoms with Gasteiger partial charge in [-0.15, -0.1) is 0 Å². The van der Waals surface area contributed by atoms with E-state index in [1.165, 1.54) is 18.3 Å². The highest BCUT2D eigenvalue weighted by Gasteiger charge is 2.17. The van der Waals surface area contributed by atoms with E-state index in [9.17, 15) is 19.3 Å². The van der Waals surface area contributed by atoms with Gasteiger partial charge in [-0.25, -0.2) is 9.37 Å². The minimum absolute atomic E-state index is 0.103. The van der Waals surface area contributed by atoms with Crippen molar-refractivity contribution in [3.8, 4) is 0 Å². The third-order valence-electron chi connectivity index (χ3n) is 2.39. The summed E-state index contributed by atoms with van der Waals surface area (Å²) < 4.78 is 13.1. The van der Waals surface area contributed by atoms with Crippen molar-refractivity contribution >= 4 is 28.9 Å². The molecular formula is C12H7ClFN3O3. The highest BCUT2D eigenvalue weighted by atomic mass is 35.5. The van der Waals surface area contributed by atoms with E-state index in [0.717, 1.165) is 18.2 Å². The Hall–Kier alpha value is -2.54. The third kappa shape index (κ3) is 3.07. The minimum atomic E-state index is -0.714. The molecule has 0 atom stereocenters. The lowest BCUT2D eigenvalue weighted by molar-refractivity contribution is -0.384. The smallest absolute Gasteiger partial charge is 0.292 e. The number of nitrogens with one attached hydrogen (secondary N) is 1. The number of nitrogens with zero attached hydrogens (tertiary/aromatic N) is 2. The molecule has 0 aliphatic carbocycles. The van der Waals surface area contributed by atoms with Crippen molar-refractivity contribution < 1.29 is 14.1 Å². The standard InChI is InChI=1S/C12H7ClFN3O3/c13-11-5-7(3-4-15-11)12(18)16-9-6-8(14)1-2-10(9)17(19)20/h1-6H,(H,16,18). The Morgan fingerprint density at radius 1 is 1.35 bits per heavy atom. The summed E-state index contributed by atoms with van der Waals surface area (Å²) in [5, 5.41) is 13.2. The Balaban J connectivity index is 2.32. The second kappa shape index (κ2) is 5.62. The average Bonchev–Trinajstić information content (AvgIpc) is 2.38. The predicted molar refractivity (Wildman–Crippen MR) is 70.3 cm³/mol. The Bertz CT molecular complexity index is 693. The molecule has 0 unspecified atom stereocenters. The number of nitro benzene ring substituents is 1. The molecule has 0 aliphatic rings. The zero-order valence-electron chi connectivity index (χ0n) is 9.84. The Kier molecular flexibility index (Phi) is 3.90. The van der Waals surface area contributed by atoms with Crippen LogP contribution < -0.4 is 5.32 Å². The van der Waals surface area contributed by atoms with Gasteiger partial charge in [0.25, 0.3) is 11.6 Å². The number of hydrogen-bond donors (Lipinski definition) is 1. The number of pyridine rings is 1. The number of rotatable bonds is 3. The van der Waals surface area contributed by atoms with Crippen molar-refractivity contribution in [2.24, 2.45) is 0 Å². The molecule has 0 fully saturated rings. The third-order valence-corrected chi connectivity index (χ3v) is 2.60. The maximum Gasteiger partial charge on any atom is 0.292 e. The SMILES string of the molecule is O=C(Nc1cc(F)ccc1[N+](=O)[O-])c1ccnc(Cl)c1. The fourth-order valence-corrected chi connectivity index (χ4v) is 1.68. The van der Waals surface area contributed by atoms with E-state index >= 15 is 0 Å². The molecule has 1 N–H and O–H groups in total. The van der Waals surface area contributed by atoms with Crippen LogP contribution in [0.5, 0.6) is 0 Å². The van der Waals surface area contributed by atoms with Crippen LogP contribution in [0, 0.1) is 15.9 Å². The molecular weight excluding hydrogens is 289 g/mol. The second-order valence-corrected chi connectivity index (χ2v) is 4.13. The lowest BCUT2D eigenvalue weighted by atomic mass is 10.2. The number of halogens is 2. The maximum absolute atomic E-state index is 13.1. The Morgan fingerprint density at radius 3 is 2.75 bits per heavy atom. The molecule has 20 heavy (non-hydrogen) atoms. The summed E-state index contributed by atoms with van der Waals surface area (Å²) >= 11 is 5.64. The highest BCUT2D eigenvalue weighted by Crippen LogP contribution is 2.25. The van der Waals surface area contributed by atoms with Gasteiger partial charge in [0.05, 0.1) is 4.92 Å². The highest BCUT2D eigenvalue weighted by molar-refractivity contribution is 6.29. The number of carbonyl (C=O) groups is 1. The van der Waals surface area contributed by atoms with Crippen molar-refractivity contribution in [3.05, 3.63) is 63.2 Å². The maximum atomic E-state index is 13.1. The fourth-order valence-electron chi connectivity index (χ4n) is 1.51. The summed E-state index contributed by atoms with van der Waals surface area (Å²) in [6.45, 7) is 0. The van der Waals surface area contributed by atoms with E-state index in [0.29, 0.717) is 0 Å². The molecule has 2 rings (SSSR count). The van der Waals surface area contributed by atoms with Crippen LogP contribution >= 0.6 is 11.6 Å². The van der Waals surface area contributed by atoms with Gasteiger partial charge in [-0.2, -0.15) is 0 Å². The molecule has 0 spiro atoms. The number of amides is 1. The van der Waals surface area contributed by atoms with Crippen molar-refractivity contribution in [3.63, 3.8) is 0 Å². The number of benzene rings is 1. The van der Waals surface area contributed by atoms with Gasteiger partial charge in [-0.1, -0.05) is 11.6 Å². The van der Waals surface area contributed by atoms with Gasteiger partial charge in [-0.3, -0.25) is 14.9 Å². The average molecular weight is 296 g/mol. The zero-order chi connectivity index (χ0) is 14.7. The van der Waals surface area contributed by atoms with Crippen LogP contribution in [0.2, 0.25) is 5.15 Å². The van der Waals surface area contributed by atoms with Crippen LogP contribution in [0.1, 0.15) is 10.4 Å². The molecule has 8 heteroatoms. The Labute approximate surface area is 117 Å². The van der Waals surface area contributed by atoms with Crippen LogP contribution in [0.3, 0.4) is 0 Å². The largest absolute Gasteiger partial charge is 0.316 e. The lowest BCUT2D eigenvalue weighted by Gasteiger charge is -2.06. The fraction of sp³-hybridized carbons (Fsp3) is 0. The van der Waals surface area contributed by atoms with Crippen molar-refractivity contribution in [1.29, 1.82) is 0 Å². The van der Waals surface area contributed by atoms with E-state index in [1.807, 2.05) is 0 Å². The normalized spacial score (nSPS) is 10.1. The summed E-state index contributed by atoms with van der Waals surface area (Å²) in [6, 6.07) is 5.47. The van der Waals surface area contributed by atoms with Gasteiger partial charge >= 0.3 is 0 Å². The second-order valence-electron chi connectivity index (χ2n) is 3.74. The molecule has 1 aromatic heterocycles. The van der Waals surface area contributed by atoms with E-state index in [1.54, 1.807) is 0 Å². The molecule has 0 radical (unpaired) electrons. The first-order valence-electron chi connectivity index (χ1n) is 5.34. The summed E-state index contributed by atoms with van der Waals surface area (Å²) in [7, 11) is 0. The molecule has 6 nitrogen and oxygen atoms in total. The molecule has 102 valence electrons. The Morgan fingerprint density at radius 2 is 2.10 bits per heavy atom. The van der Waals surface area contributed by atoms with Gasteiger partial charge in [-0.05, 0) is 18.2 Å². The zero-order valence-corrected chi connectivity index (χ0v) is 10.6. The van der Waals surface area contributed by atoms with Gasteiger partial charge < -0.3 is 5.32 Å². The molecule has 2 aromatic rings. The number of carbonyl (C=O) groups excluding carboxylic acids is 1. The molecule has 0 aliphatic heterocycles. The van der Waals surface area contributed by atoms with E-state index < -0.39 is 22.3 Å². The molecule has 0 bridgehead atoms. The lowest BCUT2D eigenvalue weighted by Crippen LogP contribution is -2.13. The number of anilines is 1. The van der Waals surface area contributed by atoms with Crippen LogP contribution in [0.4, 0.5) is 15.8 Å². The quantitative estimate of drug-likeness (QED) is 0.536. The van der Waals surface area contributed by atoms with Gasteiger partial charge in [0.2, 0.25) is 0 Å². The molecule has 0 saturated carbocycles. The number of nitro groups is 1. The summed E-state index contributed by atoms with van der Waals surface area (Å²) in [5.41, 5.74) is -0.476.